The van der Waals surface area contributed by atoms with Crippen molar-refractivity contribution in [1.82, 2.24) is 5.32 Å². The topological polar surface area (TPSA) is 25.2 Å². The van der Waals surface area contributed by atoms with E-state index in [-0.39, 0.29) is 0 Å². The molecule has 1 saturated carbocycles. The Morgan fingerprint density at radius 3 is 2.67 bits per heavy atom. The quantitative estimate of drug-likeness (QED) is 0.822. The molecule has 0 unspecified atom stereocenters. The molecule has 15 heavy (non-hydrogen) atoms. The van der Waals surface area contributed by atoms with Gasteiger partial charge in [-0.05, 0) is 37.9 Å². The smallest absolute Gasteiger partial charge is 0.117 e. The molecule has 0 amide bonds. The fraction of sp³-hybridized carbons (Fsp3) is 0.692. The van der Waals surface area contributed by atoms with Gasteiger partial charge in [-0.15, -0.1) is 0 Å². The van der Waals surface area contributed by atoms with Crippen molar-refractivity contribution in [3.8, 4) is 0 Å². The van der Waals surface area contributed by atoms with Gasteiger partial charge in [-0.25, -0.2) is 0 Å². The highest BCUT2D eigenvalue weighted by atomic mass is 16.3. The highest BCUT2D eigenvalue weighted by Gasteiger charge is 2.21. The highest BCUT2D eigenvalue weighted by molar-refractivity contribution is 5.12. The van der Waals surface area contributed by atoms with Crippen molar-refractivity contribution in [3.05, 3.63) is 23.7 Å². The number of furan rings is 1. The van der Waals surface area contributed by atoms with Crippen LogP contribution in [0.4, 0.5) is 0 Å². The van der Waals surface area contributed by atoms with Crippen LogP contribution in [0.25, 0.3) is 0 Å². The summed E-state index contributed by atoms with van der Waals surface area (Å²) >= 11 is 0. The summed E-state index contributed by atoms with van der Waals surface area (Å²) in [7, 11) is 1.95. The molecule has 1 aliphatic rings. The minimum atomic E-state index is 0.673. The first kappa shape index (κ1) is 10.7. The summed E-state index contributed by atoms with van der Waals surface area (Å²) in [6, 6.07) is 4.26. The molecular weight excluding hydrogens is 186 g/mol. The number of hydrogen-bond acceptors (Lipinski definition) is 2. The van der Waals surface area contributed by atoms with E-state index in [0.717, 1.165) is 18.2 Å². The van der Waals surface area contributed by atoms with Crippen molar-refractivity contribution in [2.24, 2.45) is 5.92 Å². The summed E-state index contributed by atoms with van der Waals surface area (Å²) in [4.78, 5) is 0. The van der Waals surface area contributed by atoms with E-state index in [9.17, 15) is 0 Å². The Morgan fingerprint density at radius 1 is 1.27 bits per heavy atom. The summed E-state index contributed by atoms with van der Waals surface area (Å²) in [6.45, 7) is 3.19. The predicted molar refractivity (Wildman–Crippen MR) is 61.8 cm³/mol. The molecule has 2 heteroatoms. The van der Waals surface area contributed by atoms with Crippen LogP contribution in [0.1, 0.15) is 50.0 Å². The van der Waals surface area contributed by atoms with Gasteiger partial charge in [-0.3, -0.25) is 0 Å². The molecule has 84 valence electrons. The van der Waals surface area contributed by atoms with Crippen molar-refractivity contribution in [2.75, 3.05) is 7.05 Å². The normalized spacial score (nSPS) is 26.8. The Morgan fingerprint density at radius 2 is 2.00 bits per heavy atom. The monoisotopic (exact) mass is 207 g/mol. The van der Waals surface area contributed by atoms with Gasteiger partial charge in [0.25, 0.3) is 0 Å². The zero-order valence-corrected chi connectivity index (χ0v) is 9.75. The Balaban J connectivity index is 1.96. The van der Waals surface area contributed by atoms with Crippen LogP contribution >= 0.6 is 0 Å². The van der Waals surface area contributed by atoms with Gasteiger partial charge < -0.3 is 9.73 Å². The molecule has 0 spiro atoms. The maximum Gasteiger partial charge on any atom is 0.117 e. The lowest BCUT2D eigenvalue weighted by Crippen LogP contribution is -2.10. The van der Waals surface area contributed by atoms with E-state index in [0.29, 0.717) is 5.92 Å². The van der Waals surface area contributed by atoms with E-state index in [1.165, 1.54) is 31.4 Å². The molecule has 0 aliphatic heterocycles. The van der Waals surface area contributed by atoms with Crippen LogP contribution in [0.3, 0.4) is 0 Å². The van der Waals surface area contributed by atoms with E-state index < -0.39 is 0 Å². The maximum atomic E-state index is 5.84. The number of hydrogen-bond donors (Lipinski definition) is 1. The van der Waals surface area contributed by atoms with Crippen molar-refractivity contribution in [3.63, 3.8) is 0 Å². The lowest BCUT2D eigenvalue weighted by molar-refractivity contribution is 0.308. The van der Waals surface area contributed by atoms with E-state index in [2.05, 4.69) is 24.4 Å². The standard InChI is InChI=1S/C13H21NO/c1-10-3-5-11(6-4-10)13-8-7-12(15-13)9-14-2/h7-8,10-11,14H,3-6,9H2,1-2H3. The van der Waals surface area contributed by atoms with Gasteiger partial charge in [0.15, 0.2) is 0 Å². The van der Waals surface area contributed by atoms with Crippen molar-refractivity contribution in [1.29, 1.82) is 0 Å². The van der Waals surface area contributed by atoms with Gasteiger partial charge in [0.05, 0.1) is 6.54 Å². The van der Waals surface area contributed by atoms with E-state index in [1.54, 1.807) is 0 Å². The van der Waals surface area contributed by atoms with Crippen LogP contribution in [0.15, 0.2) is 16.5 Å². The number of nitrogens with one attached hydrogen (secondary N) is 1. The largest absolute Gasteiger partial charge is 0.464 e. The van der Waals surface area contributed by atoms with Crippen LogP contribution in [0, 0.1) is 5.92 Å². The average Bonchev–Trinajstić information content (AvgIpc) is 2.68. The first-order valence-electron chi connectivity index (χ1n) is 6.03. The van der Waals surface area contributed by atoms with Crippen LogP contribution in [0.2, 0.25) is 0 Å². The minimum Gasteiger partial charge on any atom is -0.464 e. The molecule has 1 heterocycles. The fourth-order valence-electron chi connectivity index (χ4n) is 2.43. The second-order valence-electron chi connectivity index (χ2n) is 4.79. The van der Waals surface area contributed by atoms with Gasteiger partial charge in [0, 0.05) is 5.92 Å². The molecule has 2 rings (SSSR count). The molecule has 0 atom stereocenters. The van der Waals surface area contributed by atoms with Crippen LogP contribution in [0.5, 0.6) is 0 Å². The Bertz CT molecular complexity index is 297. The average molecular weight is 207 g/mol. The summed E-state index contributed by atoms with van der Waals surface area (Å²) in [5.74, 6) is 3.85. The molecule has 0 saturated heterocycles. The van der Waals surface area contributed by atoms with E-state index >= 15 is 0 Å². The summed E-state index contributed by atoms with van der Waals surface area (Å²) in [6.07, 6.45) is 5.31. The van der Waals surface area contributed by atoms with E-state index in [4.69, 9.17) is 4.42 Å². The second-order valence-corrected chi connectivity index (χ2v) is 4.79. The van der Waals surface area contributed by atoms with Gasteiger partial charge in [-0.2, -0.15) is 0 Å². The third kappa shape index (κ3) is 2.63. The van der Waals surface area contributed by atoms with E-state index in [1.807, 2.05) is 7.05 Å². The predicted octanol–water partition coefficient (Wildman–Crippen LogP) is 3.29. The van der Waals surface area contributed by atoms with Crippen LogP contribution < -0.4 is 5.32 Å². The molecule has 0 aromatic carbocycles. The van der Waals surface area contributed by atoms with Gasteiger partial charge in [-0.1, -0.05) is 19.8 Å². The summed E-state index contributed by atoms with van der Waals surface area (Å²) in [5, 5.41) is 3.11. The maximum absolute atomic E-state index is 5.84. The van der Waals surface area contributed by atoms with Crippen molar-refractivity contribution in [2.45, 2.75) is 45.1 Å². The lowest BCUT2D eigenvalue weighted by atomic mass is 9.82. The third-order valence-electron chi connectivity index (χ3n) is 3.45. The molecule has 1 fully saturated rings. The molecule has 2 nitrogen and oxygen atoms in total. The van der Waals surface area contributed by atoms with Crippen molar-refractivity contribution < 1.29 is 4.42 Å². The molecule has 1 aliphatic carbocycles. The molecular formula is C13H21NO. The van der Waals surface area contributed by atoms with Gasteiger partial charge in [0.2, 0.25) is 0 Å². The first-order valence-corrected chi connectivity index (χ1v) is 6.03. The van der Waals surface area contributed by atoms with Crippen molar-refractivity contribution >= 4 is 0 Å². The first-order chi connectivity index (χ1) is 7.29. The summed E-state index contributed by atoms with van der Waals surface area (Å²) in [5.41, 5.74) is 0. The Labute approximate surface area is 92.1 Å². The zero-order chi connectivity index (χ0) is 10.7. The van der Waals surface area contributed by atoms with Gasteiger partial charge in [0.1, 0.15) is 11.5 Å². The Hall–Kier alpha value is -0.760. The third-order valence-corrected chi connectivity index (χ3v) is 3.45. The molecule has 1 aromatic rings. The molecule has 1 N–H and O–H groups in total. The minimum absolute atomic E-state index is 0.673. The second kappa shape index (κ2) is 4.84. The molecule has 0 bridgehead atoms. The number of rotatable bonds is 3. The fourth-order valence-corrected chi connectivity index (χ4v) is 2.43. The van der Waals surface area contributed by atoms with Gasteiger partial charge >= 0.3 is 0 Å². The highest BCUT2D eigenvalue weighted by Crippen LogP contribution is 2.36. The van der Waals surface area contributed by atoms with Crippen LogP contribution in [-0.2, 0) is 6.54 Å². The molecule has 1 aromatic heterocycles. The lowest BCUT2D eigenvalue weighted by Gasteiger charge is -2.24. The SMILES string of the molecule is CNCc1ccc(C2CCC(C)CC2)o1. The zero-order valence-electron chi connectivity index (χ0n) is 9.75. The Kier molecular flexibility index (Phi) is 3.47. The van der Waals surface area contributed by atoms with Crippen LogP contribution in [-0.4, -0.2) is 7.05 Å². The summed E-state index contributed by atoms with van der Waals surface area (Å²) < 4.78 is 5.84. The molecule has 0 radical (unpaired) electrons.